The minimum absolute atomic E-state index is 0.321. The van der Waals surface area contributed by atoms with E-state index >= 15 is 0 Å². The summed E-state index contributed by atoms with van der Waals surface area (Å²) < 4.78 is 0. The maximum absolute atomic E-state index is 9.87. The number of benzene rings is 1. The third-order valence-electron chi connectivity index (χ3n) is 5.19. The molecule has 0 amide bonds. The van der Waals surface area contributed by atoms with Crippen LogP contribution in [0.1, 0.15) is 50.7 Å². The summed E-state index contributed by atoms with van der Waals surface area (Å²) in [5.41, 5.74) is 2.33. The van der Waals surface area contributed by atoms with Crippen LogP contribution in [0.3, 0.4) is 0 Å². The molecule has 1 heterocycles. The Labute approximate surface area is 128 Å². The lowest BCUT2D eigenvalue weighted by Crippen LogP contribution is -2.49. The first-order valence-corrected chi connectivity index (χ1v) is 8.55. The van der Waals surface area contributed by atoms with Crippen LogP contribution in [-0.2, 0) is 0 Å². The van der Waals surface area contributed by atoms with Gasteiger partial charge in [-0.15, -0.1) is 0 Å². The zero-order valence-corrected chi connectivity index (χ0v) is 13.2. The summed E-state index contributed by atoms with van der Waals surface area (Å²) in [6, 6.07) is 9.34. The molecule has 1 aromatic rings. The zero-order chi connectivity index (χ0) is 14.7. The monoisotopic (exact) mass is 288 g/mol. The Morgan fingerprint density at radius 1 is 1.05 bits per heavy atom. The van der Waals surface area contributed by atoms with Crippen LogP contribution in [0.5, 0.6) is 0 Å². The molecule has 1 saturated heterocycles. The zero-order valence-electron chi connectivity index (χ0n) is 13.2. The summed E-state index contributed by atoms with van der Waals surface area (Å²) in [6.07, 6.45) is 6.11. The first-order chi connectivity index (χ1) is 10.3. The predicted molar refractivity (Wildman–Crippen MR) is 87.7 cm³/mol. The first kappa shape index (κ1) is 14.9. The maximum atomic E-state index is 9.87. The van der Waals surface area contributed by atoms with Crippen LogP contribution >= 0.6 is 0 Å². The molecule has 116 valence electrons. The van der Waals surface area contributed by atoms with E-state index in [1.165, 1.54) is 44.5 Å². The van der Waals surface area contributed by atoms with Crippen molar-refractivity contribution >= 4 is 5.69 Å². The lowest BCUT2D eigenvalue weighted by atomic mass is 10.1. The fourth-order valence-corrected chi connectivity index (χ4v) is 3.76. The minimum Gasteiger partial charge on any atom is -0.388 e. The van der Waals surface area contributed by atoms with Gasteiger partial charge in [-0.2, -0.15) is 0 Å². The van der Waals surface area contributed by atoms with Crippen molar-refractivity contribution in [3.05, 3.63) is 29.8 Å². The lowest BCUT2D eigenvalue weighted by Gasteiger charge is -2.39. The van der Waals surface area contributed by atoms with Crippen LogP contribution in [0.2, 0.25) is 0 Å². The number of aliphatic hydroxyl groups excluding tert-OH is 1. The first-order valence-electron chi connectivity index (χ1n) is 8.55. The summed E-state index contributed by atoms with van der Waals surface area (Å²) in [7, 11) is 0. The standard InChI is InChI=1S/C18H28N2O/c1-2-18(21)15-7-9-17(10-8-15)20-13-11-19(12-14-20)16-5-3-4-6-16/h7-10,16,18,21H,2-6,11-14H2,1H3/t18-/m0/s1. The molecule has 21 heavy (non-hydrogen) atoms. The maximum Gasteiger partial charge on any atom is 0.0787 e. The van der Waals surface area contributed by atoms with E-state index < -0.39 is 0 Å². The van der Waals surface area contributed by atoms with Gasteiger partial charge in [-0.05, 0) is 37.0 Å². The van der Waals surface area contributed by atoms with Crippen molar-refractivity contribution in [1.29, 1.82) is 0 Å². The summed E-state index contributed by atoms with van der Waals surface area (Å²) in [4.78, 5) is 5.17. The third kappa shape index (κ3) is 3.41. The second-order valence-corrected chi connectivity index (χ2v) is 6.48. The van der Waals surface area contributed by atoms with Gasteiger partial charge in [0, 0.05) is 37.9 Å². The number of rotatable bonds is 4. The Morgan fingerprint density at radius 3 is 2.24 bits per heavy atom. The molecule has 2 fully saturated rings. The van der Waals surface area contributed by atoms with Gasteiger partial charge in [-0.3, -0.25) is 4.90 Å². The van der Waals surface area contributed by atoms with Crippen molar-refractivity contribution in [2.75, 3.05) is 31.1 Å². The summed E-state index contributed by atoms with van der Waals surface area (Å²) in [5, 5.41) is 9.87. The molecule has 0 bridgehead atoms. The summed E-state index contributed by atoms with van der Waals surface area (Å²) >= 11 is 0. The Balaban J connectivity index is 1.56. The molecule has 3 rings (SSSR count). The summed E-state index contributed by atoms with van der Waals surface area (Å²) in [5.74, 6) is 0. The van der Waals surface area contributed by atoms with Gasteiger partial charge in [0.15, 0.2) is 0 Å². The van der Waals surface area contributed by atoms with E-state index in [0.717, 1.165) is 31.1 Å². The molecule has 0 aromatic heterocycles. The Kier molecular flexibility index (Phi) is 4.81. The molecule has 1 saturated carbocycles. The van der Waals surface area contributed by atoms with Gasteiger partial charge in [0.05, 0.1) is 6.10 Å². The van der Waals surface area contributed by atoms with E-state index in [4.69, 9.17) is 0 Å². The summed E-state index contributed by atoms with van der Waals surface area (Å²) in [6.45, 7) is 6.67. The number of anilines is 1. The molecule has 0 spiro atoms. The average molecular weight is 288 g/mol. The highest BCUT2D eigenvalue weighted by atomic mass is 16.3. The van der Waals surface area contributed by atoms with Gasteiger partial charge in [-0.25, -0.2) is 0 Å². The van der Waals surface area contributed by atoms with Crippen LogP contribution < -0.4 is 4.90 Å². The molecule has 1 aromatic carbocycles. The molecule has 1 aliphatic carbocycles. The fourth-order valence-electron chi connectivity index (χ4n) is 3.76. The molecular formula is C18H28N2O. The second kappa shape index (κ2) is 6.80. The van der Waals surface area contributed by atoms with E-state index in [2.05, 4.69) is 34.1 Å². The van der Waals surface area contributed by atoms with E-state index in [0.29, 0.717) is 0 Å². The number of piperazine rings is 1. The predicted octanol–water partition coefficient (Wildman–Crippen LogP) is 3.19. The molecule has 3 heteroatoms. The van der Waals surface area contributed by atoms with Crippen molar-refractivity contribution in [1.82, 2.24) is 4.90 Å². The Hall–Kier alpha value is -1.06. The van der Waals surface area contributed by atoms with Crippen LogP contribution in [0, 0.1) is 0 Å². The normalized spacial score (nSPS) is 22.7. The Morgan fingerprint density at radius 2 is 1.67 bits per heavy atom. The smallest absolute Gasteiger partial charge is 0.0787 e. The third-order valence-corrected chi connectivity index (χ3v) is 5.19. The van der Waals surface area contributed by atoms with Crippen LogP contribution in [-0.4, -0.2) is 42.2 Å². The van der Waals surface area contributed by atoms with Gasteiger partial charge in [0.25, 0.3) is 0 Å². The van der Waals surface area contributed by atoms with Crippen molar-refractivity contribution in [3.8, 4) is 0 Å². The minimum atomic E-state index is -0.321. The molecular weight excluding hydrogens is 260 g/mol. The Bertz CT molecular complexity index is 431. The molecule has 0 unspecified atom stereocenters. The van der Waals surface area contributed by atoms with Crippen LogP contribution in [0.4, 0.5) is 5.69 Å². The number of hydrogen-bond acceptors (Lipinski definition) is 3. The van der Waals surface area contributed by atoms with E-state index in [1.807, 2.05) is 6.92 Å². The SMILES string of the molecule is CC[C@H](O)c1ccc(N2CCN(C3CCCC3)CC2)cc1. The van der Waals surface area contributed by atoms with Gasteiger partial charge >= 0.3 is 0 Å². The number of hydrogen-bond donors (Lipinski definition) is 1. The highest BCUT2D eigenvalue weighted by Crippen LogP contribution is 2.26. The molecule has 1 aliphatic heterocycles. The topological polar surface area (TPSA) is 26.7 Å². The molecule has 2 aliphatic rings. The van der Waals surface area contributed by atoms with Gasteiger partial charge in [-0.1, -0.05) is 31.9 Å². The number of nitrogens with zero attached hydrogens (tertiary/aromatic N) is 2. The number of aliphatic hydroxyl groups is 1. The van der Waals surface area contributed by atoms with Crippen LogP contribution in [0.15, 0.2) is 24.3 Å². The molecule has 3 nitrogen and oxygen atoms in total. The quantitative estimate of drug-likeness (QED) is 0.921. The lowest BCUT2D eigenvalue weighted by molar-refractivity contribution is 0.173. The van der Waals surface area contributed by atoms with Crippen molar-refractivity contribution in [2.45, 2.75) is 51.2 Å². The van der Waals surface area contributed by atoms with Gasteiger partial charge in [0.1, 0.15) is 0 Å². The largest absolute Gasteiger partial charge is 0.388 e. The van der Waals surface area contributed by atoms with E-state index in [1.54, 1.807) is 0 Å². The van der Waals surface area contributed by atoms with Crippen molar-refractivity contribution in [3.63, 3.8) is 0 Å². The molecule has 1 atom stereocenters. The highest BCUT2D eigenvalue weighted by Gasteiger charge is 2.26. The van der Waals surface area contributed by atoms with Crippen molar-refractivity contribution in [2.24, 2.45) is 0 Å². The van der Waals surface area contributed by atoms with Crippen molar-refractivity contribution < 1.29 is 5.11 Å². The second-order valence-electron chi connectivity index (χ2n) is 6.48. The van der Waals surface area contributed by atoms with Crippen LogP contribution in [0.25, 0.3) is 0 Å². The van der Waals surface area contributed by atoms with Gasteiger partial charge in [0.2, 0.25) is 0 Å². The van der Waals surface area contributed by atoms with E-state index in [9.17, 15) is 5.11 Å². The van der Waals surface area contributed by atoms with Gasteiger partial charge < -0.3 is 10.0 Å². The fraction of sp³-hybridized carbons (Fsp3) is 0.667. The highest BCUT2D eigenvalue weighted by molar-refractivity contribution is 5.48. The molecule has 1 N–H and O–H groups in total. The average Bonchev–Trinajstić information content (AvgIpc) is 3.09. The van der Waals surface area contributed by atoms with E-state index in [-0.39, 0.29) is 6.10 Å². The molecule has 0 radical (unpaired) electrons.